The zero-order chi connectivity index (χ0) is 14.3. The number of nitrogens with one attached hydrogen (secondary N) is 1. The average Bonchev–Trinajstić information content (AvgIpc) is 3.18. The van der Waals surface area contributed by atoms with E-state index in [4.69, 9.17) is 10.5 Å². The van der Waals surface area contributed by atoms with Crippen molar-refractivity contribution in [3.8, 4) is 5.75 Å². The summed E-state index contributed by atoms with van der Waals surface area (Å²) in [4.78, 5) is 12.1. The molecule has 1 aromatic rings. The molecule has 1 aromatic carbocycles. The molecule has 20 heavy (non-hydrogen) atoms. The van der Waals surface area contributed by atoms with Crippen molar-refractivity contribution in [1.82, 2.24) is 5.32 Å². The highest BCUT2D eigenvalue weighted by atomic mass is 16.5. The molecule has 1 fully saturated rings. The number of carbonyl (C=O) groups excluding carboxylic acids is 1. The van der Waals surface area contributed by atoms with Crippen LogP contribution in [0.25, 0.3) is 0 Å². The first-order chi connectivity index (χ1) is 9.54. The summed E-state index contributed by atoms with van der Waals surface area (Å²) in [6.45, 7) is 4.69. The van der Waals surface area contributed by atoms with Crippen molar-refractivity contribution in [3.63, 3.8) is 0 Å². The Hall–Kier alpha value is -1.55. The van der Waals surface area contributed by atoms with E-state index >= 15 is 0 Å². The number of benzene rings is 1. The lowest BCUT2D eigenvalue weighted by Crippen LogP contribution is -2.44. The molecule has 4 nitrogen and oxygen atoms in total. The van der Waals surface area contributed by atoms with Gasteiger partial charge in [0.25, 0.3) is 5.91 Å². The molecule has 1 aliphatic carbocycles. The minimum Gasteiger partial charge on any atom is -0.480 e. The number of hydrogen-bond acceptors (Lipinski definition) is 3. The first-order valence-electron chi connectivity index (χ1n) is 7.34. The fourth-order valence-electron chi connectivity index (χ4n) is 2.68. The van der Waals surface area contributed by atoms with Gasteiger partial charge in [-0.1, -0.05) is 6.07 Å². The summed E-state index contributed by atoms with van der Waals surface area (Å²) in [5, 5.41) is 2.92. The number of nitrogens with two attached hydrogens (primary N) is 1. The minimum atomic E-state index is -0.405. The number of rotatable bonds is 4. The zero-order valence-electron chi connectivity index (χ0n) is 12.1. The van der Waals surface area contributed by atoms with Gasteiger partial charge < -0.3 is 15.8 Å². The van der Waals surface area contributed by atoms with Crippen LogP contribution in [0.1, 0.15) is 29.5 Å². The first-order valence-corrected chi connectivity index (χ1v) is 7.34. The van der Waals surface area contributed by atoms with Crippen LogP contribution >= 0.6 is 0 Å². The van der Waals surface area contributed by atoms with Crippen molar-refractivity contribution < 1.29 is 9.53 Å². The van der Waals surface area contributed by atoms with E-state index in [9.17, 15) is 4.79 Å². The van der Waals surface area contributed by atoms with Gasteiger partial charge in [0, 0.05) is 19.0 Å². The topological polar surface area (TPSA) is 64.3 Å². The Morgan fingerprint density at radius 2 is 2.10 bits per heavy atom. The molecular weight excluding hydrogens is 252 g/mol. The lowest BCUT2D eigenvalue weighted by molar-refractivity contribution is -0.127. The fraction of sp³-hybridized carbons (Fsp3) is 0.562. The standard InChI is InChI=1S/C16H22N2O2/c1-9-5-12-7-15(20-14(12)6-10(9)2)16(19)18-8-13(17)11-3-4-11/h5-6,11,13,15H,3-4,7-8,17H2,1-2H3,(H,18,19). The highest BCUT2D eigenvalue weighted by Crippen LogP contribution is 2.32. The average molecular weight is 274 g/mol. The van der Waals surface area contributed by atoms with E-state index in [1.807, 2.05) is 6.07 Å². The van der Waals surface area contributed by atoms with E-state index in [0.29, 0.717) is 18.9 Å². The molecule has 2 aliphatic rings. The highest BCUT2D eigenvalue weighted by Gasteiger charge is 2.32. The monoisotopic (exact) mass is 274 g/mol. The van der Waals surface area contributed by atoms with Gasteiger partial charge in [-0.2, -0.15) is 0 Å². The first kappa shape index (κ1) is 13.4. The van der Waals surface area contributed by atoms with Crippen LogP contribution in [-0.2, 0) is 11.2 Å². The number of amides is 1. The van der Waals surface area contributed by atoms with Crippen molar-refractivity contribution in [2.45, 2.75) is 45.3 Å². The van der Waals surface area contributed by atoms with Gasteiger partial charge >= 0.3 is 0 Å². The van der Waals surface area contributed by atoms with Crippen molar-refractivity contribution in [1.29, 1.82) is 0 Å². The molecule has 4 heteroatoms. The van der Waals surface area contributed by atoms with E-state index in [2.05, 4.69) is 25.2 Å². The lowest BCUT2D eigenvalue weighted by Gasteiger charge is -2.14. The van der Waals surface area contributed by atoms with Gasteiger partial charge in [0.05, 0.1) is 0 Å². The van der Waals surface area contributed by atoms with Gasteiger partial charge in [-0.05, 0) is 55.4 Å². The molecule has 1 heterocycles. The van der Waals surface area contributed by atoms with Crippen molar-refractivity contribution in [3.05, 3.63) is 28.8 Å². The molecule has 1 saturated carbocycles. The summed E-state index contributed by atoms with van der Waals surface area (Å²) in [7, 11) is 0. The normalized spacial score (nSPS) is 22.1. The molecule has 2 atom stereocenters. The van der Waals surface area contributed by atoms with E-state index in [1.54, 1.807) is 0 Å². The van der Waals surface area contributed by atoms with Gasteiger partial charge in [-0.25, -0.2) is 0 Å². The highest BCUT2D eigenvalue weighted by molar-refractivity contribution is 5.82. The molecule has 2 unspecified atom stereocenters. The number of carbonyl (C=O) groups is 1. The number of aryl methyl sites for hydroxylation is 2. The maximum Gasteiger partial charge on any atom is 0.261 e. The molecular formula is C16H22N2O2. The van der Waals surface area contributed by atoms with Gasteiger partial charge in [0.2, 0.25) is 0 Å². The van der Waals surface area contributed by atoms with Gasteiger partial charge in [-0.15, -0.1) is 0 Å². The molecule has 0 saturated heterocycles. The largest absolute Gasteiger partial charge is 0.480 e. The summed E-state index contributed by atoms with van der Waals surface area (Å²) < 4.78 is 5.76. The molecule has 0 bridgehead atoms. The fourth-order valence-corrected chi connectivity index (χ4v) is 2.68. The van der Waals surface area contributed by atoms with E-state index in [-0.39, 0.29) is 11.9 Å². The molecule has 0 aromatic heterocycles. The second-order valence-corrected chi connectivity index (χ2v) is 6.10. The molecule has 0 radical (unpaired) electrons. The third kappa shape index (κ3) is 2.66. The maximum atomic E-state index is 12.1. The van der Waals surface area contributed by atoms with Gasteiger partial charge in [0.1, 0.15) is 5.75 Å². The van der Waals surface area contributed by atoms with E-state index in [1.165, 1.54) is 24.0 Å². The van der Waals surface area contributed by atoms with Crippen LogP contribution in [0.5, 0.6) is 5.75 Å². The Morgan fingerprint density at radius 3 is 2.80 bits per heavy atom. The van der Waals surface area contributed by atoms with Crippen LogP contribution < -0.4 is 15.8 Å². The van der Waals surface area contributed by atoms with Crippen molar-refractivity contribution in [2.24, 2.45) is 11.7 Å². The molecule has 1 aliphatic heterocycles. The third-order valence-electron chi connectivity index (χ3n) is 4.38. The van der Waals surface area contributed by atoms with Crippen LogP contribution in [0, 0.1) is 19.8 Å². The number of hydrogen-bond donors (Lipinski definition) is 2. The predicted octanol–water partition coefficient (Wildman–Crippen LogP) is 1.46. The number of fused-ring (bicyclic) bond motifs is 1. The van der Waals surface area contributed by atoms with Gasteiger partial charge in [-0.3, -0.25) is 4.79 Å². The third-order valence-corrected chi connectivity index (χ3v) is 4.38. The number of ether oxygens (including phenoxy) is 1. The molecule has 108 valence electrons. The summed E-state index contributed by atoms with van der Waals surface area (Å²) in [6.07, 6.45) is 2.64. The lowest BCUT2D eigenvalue weighted by atomic mass is 10.0. The van der Waals surface area contributed by atoms with Gasteiger partial charge in [0.15, 0.2) is 6.10 Å². The Balaban J connectivity index is 1.58. The molecule has 1 amide bonds. The Bertz CT molecular complexity index is 507. The second kappa shape index (κ2) is 5.09. The Labute approximate surface area is 119 Å². The van der Waals surface area contributed by atoms with Crippen LogP contribution in [0.15, 0.2) is 12.1 Å². The maximum absolute atomic E-state index is 12.1. The van der Waals surface area contributed by atoms with Crippen molar-refractivity contribution in [2.75, 3.05) is 6.54 Å². The van der Waals surface area contributed by atoms with E-state index < -0.39 is 6.10 Å². The van der Waals surface area contributed by atoms with Crippen LogP contribution in [0.4, 0.5) is 0 Å². The molecule has 3 rings (SSSR count). The van der Waals surface area contributed by atoms with Crippen molar-refractivity contribution >= 4 is 5.91 Å². The zero-order valence-corrected chi connectivity index (χ0v) is 12.1. The molecule has 3 N–H and O–H groups in total. The summed E-state index contributed by atoms with van der Waals surface area (Å²) >= 11 is 0. The summed E-state index contributed by atoms with van der Waals surface area (Å²) in [5.41, 5.74) is 9.55. The Kier molecular flexibility index (Phi) is 3.42. The SMILES string of the molecule is Cc1cc2c(cc1C)OC(C(=O)NCC(N)C1CC1)C2. The van der Waals surface area contributed by atoms with Crippen LogP contribution in [0.3, 0.4) is 0 Å². The Morgan fingerprint density at radius 1 is 1.40 bits per heavy atom. The second-order valence-electron chi connectivity index (χ2n) is 6.10. The van der Waals surface area contributed by atoms with Crippen LogP contribution in [0.2, 0.25) is 0 Å². The minimum absolute atomic E-state index is 0.0485. The predicted molar refractivity (Wildman–Crippen MR) is 77.7 cm³/mol. The summed E-state index contributed by atoms with van der Waals surface area (Å²) in [6, 6.07) is 4.23. The summed E-state index contributed by atoms with van der Waals surface area (Å²) in [5.74, 6) is 1.40. The van der Waals surface area contributed by atoms with E-state index in [0.717, 1.165) is 11.3 Å². The molecule has 0 spiro atoms. The smallest absolute Gasteiger partial charge is 0.261 e. The quantitative estimate of drug-likeness (QED) is 0.873. The van der Waals surface area contributed by atoms with Crippen LogP contribution in [-0.4, -0.2) is 24.6 Å².